The molecular weight excluding hydrogens is 541 g/mol. The zero-order chi connectivity index (χ0) is 24.7. The number of carbonyl (C=O) groups excluding carboxylic acids is 1. The molecule has 1 fully saturated rings. The molecule has 0 spiro atoms. The Hall–Kier alpha value is -2.38. The van der Waals surface area contributed by atoms with Crippen LogP contribution < -0.4 is 9.21 Å². The Balaban J connectivity index is 1.69. The summed E-state index contributed by atoms with van der Waals surface area (Å²) in [5.74, 6) is 0.110. The third-order valence-electron chi connectivity index (χ3n) is 5.91. The first-order chi connectivity index (χ1) is 16.0. The Labute approximate surface area is 203 Å². The highest BCUT2D eigenvalue weighted by Gasteiger charge is 2.41. The highest BCUT2D eigenvalue weighted by molar-refractivity contribution is 9.10. The van der Waals surface area contributed by atoms with Crippen LogP contribution in [0.4, 0.5) is 24.7 Å². The van der Waals surface area contributed by atoms with Crippen LogP contribution in [0.15, 0.2) is 45.9 Å². The third-order valence-corrected chi connectivity index (χ3v) is 8.12. The highest BCUT2D eigenvalue weighted by Crippen LogP contribution is 2.40. The molecule has 0 N–H and O–H groups in total. The van der Waals surface area contributed by atoms with Gasteiger partial charge in [0, 0.05) is 36.8 Å². The van der Waals surface area contributed by atoms with Crippen molar-refractivity contribution in [1.82, 2.24) is 9.88 Å². The first kappa shape index (κ1) is 24.7. The minimum atomic E-state index is -4.67. The summed E-state index contributed by atoms with van der Waals surface area (Å²) in [6.07, 6.45) is -2.91. The van der Waals surface area contributed by atoms with Crippen LogP contribution in [0.1, 0.15) is 12.0 Å². The molecule has 2 aliphatic heterocycles. The molecule has 13 heteroatoms. The highest BCUT2D eigenvalue weighted by atomic mass is 79.9. The van der Waals surface area contributed by atoms with Crippen LogP contribution in [0.2, 0.25) is 0 Å². The summed E-state index contributed by atoms with van der Waals surface area (Å²) in [7, 11) is -3.00. The number of alkyl halides is 3. The molecule has 0 amide bonds. The van der Waals surface area contributed by atoms with Gasteiger partial charge in [-0.2, -0.15) is 13.2 Å². The maximum absolute atomic E-state index is 13.6. The SMILES string of the molecule is COC(=O)CCN1CCN2c3ncc(Br)cc3N(S(=O)(=O)c3cccc(C(F)(F)F)c3)CC2C1. The monoisotopic (exact) mass is 562 g/mol. The number of fused-ring (bicyclic) bond motifs is 3. The lowest BCUT2D eigenvalue weighted by molar-refractivity contribution is -0.141. The number of hydrogen-bond donors (Lipinski definition) is 0. The number of benzene rings is 1. The summed E-state index contributed by atoms with van der Waals surface area (Å²) >= 11 is 3.31. The van der Waals surface area contributed by atoms with Crippen LogP contribution in [0.5, 0.6) is 0 Å². The van der Waals surface area contributed by atoms with E-state index in [1.54, 1.807) is 12.3 Å². The van der Waals surface area contributed by atoms with Crippen molar-refractivity contribution in [2.75, 3.05) is 49.0 Å². The van der Waals surface area contributed by atoms with Gasteiger partial charge in [0.15, 0.2) is 5.82 Å². The van der Waals surface area contributed by atoms with E-state index >= 15 is 0 Å². The molecule has 0 saturated carbocycles. The molecular formula is C21H22BrF3N4O4S. The molecule has 4 rings (SSSR count). The molecule has 1 unspecified atom stereocenters. The maximum Gasteiger partial charge on any atom is 0.416 e. The fourth-order valence-electron chi connectivity index (χ4n) is 4.21. The van der Waals surface area contributed by atoms with Crippen molar-refractivity contribution in [3.63, 3.8) is 0 Å². The Kier molecular flexibility index (Phi) is 6.80. The van der Waals surface area contributed by atoms with Crippen molar-refractivity contribution in [2.45, 2.75) is 23.5 Å². The molecule has 2 aliphatic rings. The predicted octanol–water partition coefficient (Wildman–Crippen LogP) is 3.13. The number of methoxy groups -OCH3 is 1. The number of carbonyl (C=O) groups is 1. The molecule has 8 nitrogen and oxygen atoms in total. The number of halogens is 4. The Morgan fingerprint density at radius 2 is 2.00 bits per heavy atom. The van der Waals surface area contributed by atoms with Gasteiger partial charge in [-0.05, 0) is 40.2 Å². The molecule has 1 atom stereocenters. The molecule has 2 aromatic rings. The Bertz CT molecular complexity index is 1190. The average molecular weight is 563 g/mol. The summed E-state index contributed by atoms with van der Waals surface area (Å²) in [6.45, 7) is 2.15. The molecule has 1 aromatic carbocycles. The van der Waals surface area contributed by atoms with E-state index in [0.717, 1.165) is 22.5 Å². The molecule has 0 aliphatic carbocycles. The minimum Gasteiger partial charge on any atom is -0.469 e. The first-order valence-electron chi connectivity index (χ1n) is 10.4. The van der Waals surface area contributed by atoms with Crippen LogP contribution in [-0.4, -0.2) is 70.1 Å². The van der Waals surface area contributed by atoms with Crippen LogP contribution in [0.25, 0.3) is 0 Å². The lowest BCUT2D eigenvalue weighted by Crippen LogP contribution is -2.61. The van der Waals surface area contributed by atoms with E-state index < -0.39 is 26.7 Å². The van der Waals surface area contributed by atoms with Crippen LogP contribution in [0, 0.1) is 0 Å². The summed E-state index contributed by atoms with van der Waals surface area (Å²) in [4.78, 5) is 19.6. The minimum absolute atomic E-state index is 0.0262. The lowest BCUT2D eigenvalue weighted by Gasteiger charge is -2.48. The number of aromatic nitrogens is 1. The number of pyridine rings is 1. The van der Waals surface area contributed by atoms with E-state index in [-0.39, 0.29) is 25.0 Å². The van der Waals surface area contributed by atoms with E-state index in [1.165, 1.54) is 7.11 Å². The standard InChI is InChI=1S/C21H22BrF3N4O4S/c1-33-19(30)5-6-27-7-8-28-16(12-27)13-29(18-10-15(22)11-26-20(18)28)34(31,32)17-4-2-3-14(9-17)21(23,24)25/h2-4,9-11,16H,5-8,12-13H2,1H3. The fraction of sp³-hybridized carbons (Fsp3) is 0.429. The molecule has 0 radical (unpaired) electrons. The molecule has 1 aromatic heterocycles. The van der Waals surface area contributed by atoms with Gasteiger partial charge in [-0.15, -0.1) is 0 Å². The number of anilines is 2. The van der Waals surface area contributed by atoms with Gasteiger partial charge in [-0.3, -0.25) is 14.0 Å². The third kappa shape index (κ3) is 4.86. The second-order valence-electron chi connectivity index (χ2n) is 8.03. The summed E-state index contributed by atoms with van der Waals surface area (Å²) in [6, 6.07) is 5.04. The van der Waals surface area contributed by atoms with Gasteiger partial charge in [0.2, 0.25) is 0 Å². The maximum atomic E-state index is 13.6. The smallest absolute Gasteiger partial charge is 0.416 e. The molecule has 184 valence electrons. The van der Waals surface area contributed by atoms with Gasteiger partial charge in [0.1, 0.15) is 0 Å². The van der Waals surface area contributed by atoms with Gasteiger partial charge in [-0.25, -0.2) is 13.4 Å². The van der Waals surface area contributed by atoms with Crippen molar-refractivity contribution >= 4 is 43.4 Å². The van der Waals surface area contributed by atoms with Crippen LogP contribution in [0.3, 0.4) is 0 Å². The number of esters is 1. The van der Waals surface area contributed by atoms with Crippen molar-refractivity contribution in [3.05, 3.63) is 46.6 Å². The number of nitrogens with zero attached hydrogens (tertiary/aromatic N) is 4. The van der Waals surface area contributed by atoms with E-state index in [0.29, 0.717) is 48.2 Å². The second kappa shape index (κ2) is 9.34. The van der Waals surface area contributed by atoms with E-state index in [2.05, 4.69) is 20.9 Å². The lowest BCUT2D eigenvalue weighted by atomic mass is 10.1. The van der Waals surface area contributed by atoms with Crippen molar-refractivity contribution in [2.24, 2.45) is 0 Å². The fourth-order valence-corrected chi connectivity index (χ4v) is 6.07. The summed E-state index contributed by atoms with van der Waals surface area (Å²) < 4.78 is 73.2. The van der Waals surface area contributed by atoms with Gasteiger partial charge in [0.25, 0.3) is 10.0 Å². The van der Waals surface area contributed by atoms with Gasteiger partial charge in [0.05, 0.1) is 42.3 Å². The van der Waals surface area contributed by atoms with Gasteiger partial charge in [-0.1, -0.05) is 6.07 Å². The van der Waals surface area contributed by atoms with Gasteiger partial charge < -0.3 is 9.64 Å². The summed E-state index contributed by atoms with van der Waals surface area (Å²) in [5, 5.41) is 0. The number of sulfonamides is 1. The van der Waals surface area contributed by atoms with E-state index in [1.807, 2.05) is 9.80 Å². The van der Waals surface area contributed by atoms with Gasteiger partial charge >= 0.3 is 12.1 Å². The predicted molar refractivity (Wildman–Crippen MR) is 122 cm³/mol. The Morgan fingerprint density at radius 1 is 1.24 bits per heavy atom. The van der Waals surface area contributed by atoms with E-state index in [9.17, 15) is 26.4 Å². The number of rotatable bonds is 5. The Morgan fingerprint density at radius 3 is 2.71 bits per heavy atom. The number of hydrogen-bond acceptors (Lipinski definition) is 7. The normalized spacial score (nSPS) is 18.9. The van der Waals surface area contributed by atoms with Crippen molar-refractivity contribution in [3.8, 4) is 0 Å². The van der Waals surface area contributed by atoms with Crippen molar-refractivity contribution < 1.29 is 31.1 Å². The molecule has 34 heavy (non-hydrogen) atoms. The van der Waals surface area contributed by atoms with Crippen LogP contribution >= 0.6 is 15.9 Å². The van der Waals surface area contributed by atoms with E-state index in [4.69, 9.17) is 4.74 Å². The molecule has 3 heterocycles. The second-order valence-corrected chi connectivity index (χ2v) is 10.8. The topological polar surface area (TPSA) is 83.1 Å². The van der Waals surface area contributed by atoms with Crippen molar-refractivity contribution in [1.29, 1.82) is 0 Å². The zero-order valence-electron chi connectivity index (χ0n) is 18.1. The number of piperazine rings is 1. The molecule has 1 saturated heterocycles. The average Bonchev–Trinajstić information content (AvgIpc) is 2.81. The largest absolute Gasteiger partial charge is 0.469 e. The zero-order valence-corrected chi connectivity index (χ0v) is 20.5. The quantitative estimate of drug-likeness (QED) is 0.518. The molecule has 0 bridgehead atoms. The number of ether oxygens (including phenoxy) is 1. The van der Waals surface area contributed by atoms with Crippen LogP contribution in [-0.2, 0) is 25.7 Å². The summed E-state index contributed by atoms with van der Waals surface area (Å²) in [5.41, 5.74) is -0.738. The first-order valence-corrected chi connectivity index (χ1v) is 12.7.